The fraction of sp³-hybridized carbons (Fsp3) is 1.00. The molecule has 0 bridgehead atoms. The second-order valence-corrected chi connectivity index (χ2v) is 6.36. The molecule has 112 valence electrons. The quantitative estimate of drug-likeness (QED) is 0.768. The van der Waals surface area contributed by atoms with Gasteiger partial charge in [0.05, 0.1) is 6.61 Å². The van der Waals surface area contributed by atoms with Gasteiger partial charge in [-0.3, -0.25) is 0 Å². The van der Waals surface area contributed by atoms with Crippen LogP contribution in [0.25, 0.3) is 0 Å². The van der Waals surface area contributed by atoms with Crippen LogP contribution < -0.4 is 5.32 Å². The van der Waals surface area contributed by atoms with Gasteiger partial charge in [0.15, 0.2) is 0 Å². The third kappa shape index (κ3) is 4.73. The van der Waals surface area contributed by atoms with Gasteiger partial charge in [-0.05, 0) is 44.7 Å². The first-order chi connectivity index (χ1) is 9.33. The predicted molar refractivity (Wildman–Crippen MR) is 80.5 cm³/mol. The van der Waals surface area contributed by atoms with E-state index in [9.17, 15) is 0 Å². The number of nitrogens with one attached hydrogen (secondary N) is 1. The molecule has 2 saturated heterocycles. The van der Waals surface area contributed by atoms with Crippen molar-refractivity contribution in [3.63, 3.8) is 0 Å². The third-order valence-electron chi connectivity index (χ3n) is 4.83. The van der Waals surface area contributed by atoms with E-state index in [2.05, 4.69) is 24.1 Å². The molecule has 3 heteroatoms. The van der Waals surface area contributed by atoms with Gasteiger partial charge >= 0.3 is 0 Å². The molecule has 0 aliphatic carbocycles. The van der Waals surface area contributed by atoms with Crippen molar-refractivity contribution in [2.45, 2.75) is 52.0 Å². The normalized spacial score (nSPS) is 30.6. The SMILES string of the molecule is CCCNC(CN1CCCC(CC)C1)C1CCOC1. The monoisotopic (exact) mass is 268 g/mol. The van der Waals surface area contributed by atoms with Crippen LogP contribution in [-0.4, -0.2) is 50.3 Å². The molecule has 2 rings (SSSR count). The maximum absolute atomic E-state index is 5.59. The molecule has 2 aliphatic rings. The summed E-state index contributed by atoms with van der Waals surface area (Å²) in [6, 6.07) is 0.637. The summed E-state index contributed by atoms with van der Waals surface area (Å²) in [5.74, 6) is 1.66. The number of nitrogens with zero attached hydrogens (tertiary/aromatic N) is 1. The molecule has 2 heterocycles. The number of piperidine rings is 1. The molecule has 1 N–H and O–H groups in total. The van der Waals surface area contributed by atoms with Crippen molar-refractivity contribution >= 4 is 0 Å². The van der Waals surface area contributed by atoms with Crippen LogP contribution in [0.1, 0.15) is 46.0 Å². The second-order valence-electron chi connectivity index (χ2n) is 6.36. The van der Waals surface area contributed by atoms with E-state index in [0.717, 1.165) is 31.6 Å². The minimum absolute atomic E-state index is 0.637. The lowest BCUT2D eigenvalue weighted by Gasteiger charge is -2.36. The molecule has 3 nitrogen and oxygen atoms in total. The van der Waals surface area contributed by atoms with E-state index < -0.39 is 0 Å². The molecule has 3 unspecified atom stereocenters. The van der Waals surface area contributed by atoms with Crippen LogP contribution in [0.2, 0.25) is 0 Å². The van der Waals surface area contributed by atoms with E-state index in [-0.39, 0.29) is 0 Å². The molecule has 0 radical (unpaired) electrons. The van der Waals surface area contributed by atoms with Crippen molar-refractivity contribution in [3.8, 4) is 0 Å². The lowest BCUT2D eigenvalue weighted by atomic mass is 9.93. The first-order valence-electron chi connectivity index (χ1n) is 8.37. The Morgan fingerprint density at radius 3 is 2.89 bits per heavy atom. The molecule has 0 aromatic carbocycles. The Morgan fingerprint density at radius 1 is 1.32 bits per heavy atom. The molecule has 0 aromatic rings. The van der Waals surface area contributed by atoms with Crippen LogP contribution in [0.15, 0.2) is 0 Å². The van der Waals surface area contributed by atoms with Crippen LogP contribution in [0, 0.1) is 11.8 Å². The van der Waals surface area contributed by atoms with Crippen LogP contribution in [-0.2, 0) is 4.74 Å². The van der Waals surface area contributed by atoms with Crippen molar-refractivity contribution in [1.29, 1.82) is 0 Å². The molecule has 0 aromatic heterocycles. The number of hydrogen-bond donors (Lipinski definition) is 1. The maximum atomic E-state index is 5.59. The fourth-order valence-electron chi connectivity index (χ4n) is 3.51. The summed E-state index contributed by atoms with van der Waals surface area (Å²) in [5, 5.41) is 3.77. The van der Waals surface area contributed by atoms with E-state index in [1.165, 1.54) is 51.7 Å². The Morgan fingerprint density at radius 2 is 2.21 bits per heavy atom. The summed E-state index contributed by atoms with van der Waals surface area (Å²) in [7, 11) is 0. The summed E-state index contributed by atoms with van der Waals surface area (Å²) in [6.45, 7) is 11.5. The minimum atomic E-state index is 0.637. The van der Waals surface area contributed by atoms with Gasteiger partial charge in [-0.15, -0.1) is 0 Å². The van der Waals surface area contributed by atoms with Crippen molar-refractivity contribution in [2.24, 2.45) is 11.8 Å². The average molecular weight is 268 g/mol. The highest BCUT2D eigenvalue weighted by atomic mass is 16.5. The zero-order valence-corrected chi connectivity index (χ0v) is 12.9. The summed E-state index contributed by atoms with van der Waals surface area (Å²) >= 11 is 0. The number of ether oxygens (including phenoxy) is 1. The fourth-order valence-corrected chi connectivity index (χ4v) is 3.51. The molecule has 2 fully saturated rings. The van der Waals surface area contributed by atoms with Gasteiger partial charge in [-0.25, -0.2) is 0 Å². The van der Waals surface area contributed by atoms with Gasteiger partial charge in [0.25, 0.3) is 0 Å². The van der Waals surface area contributed by atoms with Crippen molar-refractivity contribution in [3.05, 3.63) is 0 Å². The van der Waals surface area contributed by atoms with Crippen molar-refractivity contribution in [2.75, 3.05) is 39.4 Å². The standard InChI is InChI=1S/C16H32N2O/c1-3-8-17-16(15-7-10-19-13-15)12-18-9-5-6-14(4-2)11-18/h14-17H,3-13H2,1-2H3. The maximum Gasteiger partial charge on any atom is 0.0510 e. The first kappa shape index (κ1) is 15.3. The van der Waals surface area contributed by atoms with Gasteiger partial charge < -0.3 is 15.0 Å². The van der Waals surface area contributed by atoms with Crippen molar-refractivity contribution in [1.82, 2.24) is 10.2 Å². The van der Waals surface area contributed by atoms with E-state index in [0.29, 0.717) is 6.04 Å². The van der Waals surface area contributed by atoms with Gasteiger partial charge in [0, 0.05) is 31.7 Å². The van der Waals surface area contributed by atoms with Crippen LogP contribution >= 0.6 is 0 Å². The highest BCUT2D eigenvalue weighted by molar-refractivity contribution is 4.84. The molecule has 0 saturated carbocycles. The molecule has 19 heavy (non-hydrogen) atoms. The van der Waals surface area contributed by atoms with Crippen molar-refractivity contribution < 1.29 is 4.74 Å². The zero-order valence-electron chi connectivity index (χ0n) is 12.9. The number of likely N-dealkylation sites (tertiary alicyclic amines) is 1. The third-order valence-corrected chi connectivity index (χ3v) is 4.83. The zero-order chi connectivity index (χ0) is 13.5. The van der Waals surface area contributed by atoms with Gasteiger partial charge in [0.1, 0.15) is 0 Å². The van der Waals surface area contributed by atoms with Crippen LogP contribution in [0.4, 0.5) is 0 Å². The predicted octanol–water partition coefficient (Wildman–Crippen LogP) is 2.51. The summed E-state index contributed by atoms with van der Waals surface area (Å²) in [4.78, 5) is 2.70. The summed E-state index contributed by atoms with van der Waals surface area (Å²) in [5.41, 5.74) is 0. The Kier molecular flexibility index (Phi) is 6.62. The molecule has 3 atom stereocenters. The molecular weight excluding hydrogens is 236 g/mol. The average Bonchev–Trinajstić information content (AvgIpc) is 2.97. The lowest BCUT2D eigenvalue weighted by molar-refractivity contribution is 0.130. The van der Waals surface area contributed by atoms with Gasteiger partial charge in [-0.1, -0.05) is 20.3 Å². The number of hydrogen-bond acceptors (Lipinski definition) is 3. The molecule has 0 spiro atoms. The lowest BCUT2D eigenvalue weighted by Crippen LogP contribution is -2.48. The Hall–Kier alpha value is -0.120. The Bertz CT molecular complexity index is 241. The van der Waals surface area contributed by atoms with E-state index in [1.807, 2.05) is 0 Å². The Balaban J connectivity index is 1.83. The summed E-state index contributed by atoms with van der Waals surface area (Å²) < 4.78 is 5.59. The van der Waals surface area contributed by atoms with Gasteiger partial charge in [-0.2, -0.15) is 0 Å². The van der Waals surface area contributed by atoms with E-state index >= 15 is 0 Å². The number of rotatable bonds is 7. The van der Waals surface area contributed by atoms with Crippen LogP contribution in [0.5, 0.6) is 0 Å². The van der Waals surface area contributed by atoms with Gasteiger partial charge in [0.2, 0.25) is 0 Å². The van der Waals surface area contributed by atoms with E-state index in [4.69, 9.17) is 4.74 Å². The van der Waals surface area contributed by atoms with Crippen LogP contribution in [0.3, 0.4) is 0 Å². The smallest absolute Gasteiger partial charge is 0.0510 e. The highest BCUT2D eigenvalue weighted by Gasteiger charge is 2.28. The minimum Gasteiger partial charge on any atom is -0.381 e. The highest BCUT2D eigenvalue weighted by Crippen LogP contribution is 2.22. The molecular formula is C16H32N2O. The van der Waals surface area contributed by atoms with E-state index in [1.54, 1.807) is 0 Å². The molecule has 2 aliphatic heterocycles. The molecule has 0 amide bonds. The Labute approximate surface area is 119 Å². The largest absolute Gasteiger partial charge is 0.381 e. The topological polar surface area (TPSA) is 24.5 Å². The summed E-state index contributed by atoms with van der Waals surface area (Å²) in [6.07, 6.45) is 6.64. The second kappa shape index (κ2) is 8.23. The first-order valence-corrected chi connectivity index (χ1v) is 8.37.